The molecule has 1 amide bonds. The first-order chi connectivity index (χ1) is 12.0. The van der Waals surface area contributed by atoms with Crippen molar-refractivity contribution in [3.05, 3.63) is 65.2 Å². The van der Waals surface area contributed by atoms with Crippen molar-refractivity contribution in [3.63, 3.8) is 0 Å². The molecule has 2 aromatic carbocycles. The molecule has 5 nitrogen and oxygen atoms in total. The van der Waals surface area contributed by atoms with Gasteiger partial charge in [-0.3, -0.25) is 4.79 Å². The Labute approximate surface area is 147 Å². The molecule has 2 rings (SSSR count). The van der Waals surface area contributed by atoms with Crippen molar-refractivity contribution in [2.45, 2.75) is 26.2 Å². The number of hydrogen-bond donors (Lipinski definition) is 2. The van der Waals surface area contributed by atoms with Gasteiger partial charge in [0.05, 0.1) is 18.5 Å². The largest absolute Gasteiger partial charge is 0.491 e. The minimum absolute atomic E-state index is 0.0328. The molecule has 0 atom stereocenters. The molecule has 0 saturated heterocycles. The van der Waals surface area contributed by atoms with Gasteiger partial charge in [0.25, 0.3) is 0 Å². The Morgan fingerprint density at radius 2 is 1.76 bits per heavy atom. The summed E-state index contributed by atoms with van der Waals surface area (Å²) in [5.74, 6) is -0.0762. The zero-order valence-electron chi connectivity index (χ0n) is 14.5. The van der Waals surface area contributed by atoms with Crippen LogP contribution in [0.15, 0.2) is 48.5 Å². The summed E-state index contributed by atoms with van der Waals surface area (Å²) >= 11 is 0. The van der Waals surface area contributed by atoms with Crippen LogP contribution in [0.5, 0.6) is 5.75 Å². The predicted octanol–water partition coefficient (Wildman–Crippen LogP) is 3.25. The molecular weight excluding hydrogens is 318 g/mol. The second kappa shape index (κ2) is 8.87. The molecule has 0 aliphatic rings. The maximum Gasteiger partial charge on any atom is 0.335 e. The lowest BCUT2D eigenvalue weighted by molar-refractivity contribution is -0.120. The van der Waals surface area contributed by atoms with Crippen LogP contribution in [0.3, 0.4) is 0 Å². The number of carboxylic acids is 1. The van der Waals surface area contributed by atoms with Gasteiger partial charge in [0.15, 0.2) is 0 Å². The maximum atomic E-state index is 12.0. The Kier molecular flexibility index (Phi) is 6.57. The van der Waals surface area contributed by atoms with Crippen molar-refractivity contribution in [1.29, 1.82) is 0 Å². The Balaban J connectivity index is 1.83. The number of amides is 1. The Morgan fingerprint density at radius 3 is 2.48 bits per heavy atom. The fraction of sp³-hybridized carbons (Fsp3) is 0.300. The SMILES string of the molecule is CC(C)c1ccccc1OCCNC(=O)Cc1ccccc1C(=O)O. The van der Waals surface area contributed by atoms with E-state index in [-0.39, 0.29) is 17.9 Å². The maximum absolute atomic E-state index is 12.0. The van der Waals surface area contributed by atoms with Gasteiger partial charge in [-0.05, 0) is 29.2 Å². The van der Waals surface area contributed by atoms with E-state index in [1.807, 2.05) is 24.3 Å². The molecule has 5 heteroatoms. The highest BCUT2D eigenvalue weighted by Crippen LogP contribution is 2.25. The third-order valence-electron chi connectivity index (χ3n) is 3.82. The first-order valence-corrected chi connectivity index (χ1v) is 8.28. The highest BCUT2D eigenvalue weighted by Gasteiger charge is 2.12. The van der Waals surface area contributed by atoms with Crippen molar-refractivity contribution in [2.75, 3.05) is 13.2 Å². The predicted molar refractivity (Wildman–Crippen MR) is 96.1 cm³/mol. The van der Waals surface area contributed by atoms with Crippen molar-refractivity contribution in [2.24, 2.45) is 0 Å². The number of carboxylic acid groups (broad SMARTS) is 1. The quantitative estimate of drug-likeness (QED) is 0.723. The summed E-state index contributed by atoms with van der Waals surface area (Å²) in [5.41, 5.74) is 1.78. The van der Waals surface area contributed by atoms with Crippen LogP contribution in [0.2, 0.25) is 0 Å². The zero-order chi connectivity index (χ0) is 18.2. The van der Waals surface area contributed by atoms with E-state index in [9.17, 15) is 9.59 Å². The molecule has 25 heavy (non-hydrogen) atoms. The zero-order valence-corrected chi connectivity index (χ0v) is 14.5. The number of nitrogens with one attached hydrogen (secondary N) is 1. The summed E-state index contributed by atoms with van der Waals surface area (Å²) < 4.78 is 5.75. The van der Waals surface area contributed by atoms with Crippen LogP contribution in [0.1, 0.15) is 41.3 Å². The molecule has 0 aromatic heterocycles. The van der Waals surface area contributed by atoms with E-state index < -0.39 is 5.97 Å². The average Bonchev–Trinajstić information content (AvgIpc) is 2.59. The van der Waals surface area contributed by atoms with Gasteiger partial charge in [-0.1, -0.05) is 50.2 Å². The minimum atomic E-state index is -1.03. The lowest BCUT2D eigenvalue weighted by Crippen LogP contribution is -2.30. The summed E-state index contributed by atoms with van der Waals surface area (Å²) in [4.78, 5) is 23.2. The molecule has 0 unspecified atom stereocenters. The van der Waals surface area contributed by atoms with Gasteiger partial charge in [0, 0.05) is 0 Å². The van der Waals surface area contributed by atoms with E-state index in [1.54, 1.807) is 18.2 Å². The fourth-order valence-electron chi connectivity index (χ4n) is 2.56. The van der Waals surface area contributed by atoms with E-state index >= 15 is 0 Å². The molecule has 0 aliphatic carbocycles. The topological polar surface area (TPSA) is 75.6 Å². The van der Waals surface area contributed by atoms with Crippen molar-refractivity contribution in [1.82, 2.24) is 5.32 Å². The molecule has 0 heterocycles. The summed E-state index contributed by atoms with van der Waals surface area (Å²) in [6.45, 7) is 4.92. The second-order valence-corrected chi connectivity index (χ2v) is 6.03. The van der Waals surface area contributed by atoms with E-state index in [0.717, 1.165) is 11.3 Å². The summed E-state index contributed by atoms with van der Waals surface area (Å²) in [7, 11) is 0. The lowest BCUT2D eigenvalue weighted by atomic mass is 10.0. The van der Waals surface area contributed by atoms with Crippen molar-refractivity contribution < 1.29 is 19.4 Å². The van der Waals surface area contributed by atoms with Gasteiger partial charge in [0.2, 0.25) is 5.91 Å². The number of ether oxygens (including phenoxy) is 1. The number of carbonyl (C=O) groups is 2. The van der Waals surface area contributed by atoms with E-state index in [2.05, 4.69) is 19.2 Å². The van der Waals surface area contributed by atoms with Gasteiger partial charge < -0.3 is 15.2 Å². The van der Waals surface area contributed by atoms with Gasteiger partial charge in [0.1, 0.15) is 12.4 Å². The standard InChI is InChI=1S/C20H23NO4/c1-14(2)16-8-5-6-10-18(16)25-12-11-21-19(22)13-15-7-3-4-9-17(15)20(23)24/h3-10,14H,11-13H2,1-2H3,(H,21,22)(H,23,24). The highest BCUT2D eigenvalue weighted by molar-refractivity contribution is 5.91. The Bertz CT molecular complexity index is 740. The number of aromatic carboxylic acids is 1. The van der Waals surface area contributed by atoms with Crippen LogP contribution in [-0.4, -0.2) is 30.1 Å². The molecule has 0 radical (unpaired) electrons. The highest BCUT2D eigenvalue weighted by atomic mass is 16.5. The smallest absolute Gasteiger partial charge is 0.335 e. The molecule has 2 N–H and O–H groups in total. The monoisotopic (exact) mass is 341 g/mol. The van der Waals surface area contributed by atoms with Crippen molar-refractivity contribution >= 4 is 11.9 Å². The number of hydrogen-bond acceptors (Lipinski definition) is 3. The van der Waals surface area contributed by atoms with E-state index in [1.165, 1.54) is 6.07 Å². The normalized spacial score (nSPS) is 10.5. The summed E-state index contributed by atoms with van der Waals surface area (Å²) in [6, 6.07) is 14.4. The van der Waals surface area contributed by atoms with Crippen LogP contribution in [0.25, 0.3) is 0 Å². The minimum Gasteiger partial charge on any atom is -0.491 e. The summed E-state index contributed by atoms with van der Waals surface area (Å²) in [5, 5.41) is 11.9. The number of para-hydroxylation sites is 1. The average molecular weight is 341 g/mol. The third-order valence-corrected chi connectivity index (χ3v) is 3.82. The Hall–Kier alpha value is -2.82. The van der Waals surface area contributed by atoms with E-state index in [4.69, 9.17) is 9.84 Å². The second-order valence-electron chi connectivity index (χ2n) is 6.03. The molecule has 0 bridgehead atoms. The number of rotatable bonds is 8. The van der Waals surface area contributed by atoms with Crippen LogP contribution in [0, 0.1) is 0 Å². The van der Waals surface area contributed by atoms with E-state index in [0.29, 0.717) is 24.6 Å². The van der Waals surface area contributed by atoms with Gasteiger partial charge in [-0.25, -0.2) is 4.79 Å². The lowest BCUT2D eigenvalue weighted by Gasteiger charge is -2.14. The number of carbonyl (C=O) groups excluding carboxylic acids is 1. The van der Waals surface area contributed by atoms with Crippen LogP contribution in [0.4, 0.5) is 0 Å². The molecule has 0 saturated carbocycles. The van der Waals surface area contributed by atoms with Gasteiger partial charge >= 0.3 is 5.97 Å². The van der Waals surface area contributed by atoms with Crippen LogP contribution < -0.4 is 10.1 Å². The number of benzene rings is 2. The van der Waals surface area contributed by atoms with Gasteiger partial charge in [-0.15, -0.1) is 0 Å². The van der Waals surface area contributed by atoms with Crippen LogP contribution >= 0.6 is 0 Å². The summed E-state index contributed by atoms with van der Waals surface area (Å²) in [6.07, 6.45) is 0.0328. The molecule has 2 aromatic rings. The third kappa shape index (κ3) is 5.35. The van der Waals surface area contributed by atoms with Crippen LogP contribution in [-0.2, 0) is 11.2 Å². The first-order valence-electron chi connectivity index (χ1n) is 8.28. The van der Waals surface area contributed by atoms with Gasteiger partial charge in [-0.2, -0.15) is 0 Å². The Morgan fingerprint density at radius 1 is 1.08 bits per heavy atom. The fourth-order valence-corrected chi connectivity index (χ4v) is 2.56. The molecule has 0 aliphatic heterocycles. The molecular formula is C20H23NO4. The molecule has 0 spiro atoms. The molecule has 0 fully saturated rings. The molecule has 132 valence electrons. The first kappa shape index (κ1) is 18.5. The van der Waals surface area contributed by atoms with Crippen molar-refractivity contribution in [3.8, 4) is 5.75 Å².